The van der Waals surface area contributed by atoms with Gasteiger partial charge >= 0.3 is 0 Å². The first-order valence-electron chi connectivity index (χ1n) is 4.44. The number of nitrogen functional groups attached to an aromatic ring is 1. The summed E-state index contributed by atoms with van der Waals surface area (Å²) in [6.45, 7) is 0. The second-order valence-corrected chi connectivity index (χ2v) is 3.11. The zero-order valence-corrected chi connectivity index (χ0v) is 8.11. The average molecular weight is 222 g/mol. The first kappa shape index (κ1) is 10.3. The SMILES string of the molecule is Nc1cncnc1Nc1cc(F)cc(F)c1. The van der Waals surface area contributed by atoms with Crippen molar-refractivity contribution in [1.29, 1.82) is 0 Å². The Kier molecular flexibility index (Phi) is 2.63. The van der Waals surface area contributed by atoms with Crippen LogP contribution in [-0.2, 0) is 0 Å². The number of hydrogen-bond acceptors (Lipinski definition) is 4. The molecule has 1 aromatic heterocycles. The molecule has 0 aliphatic rings. The van der Waals surface area contributed by atoms with E-state index >= 15 is 0 Å². The van der Waals surface area contributed by atoms with E-state index in [1.54, 1.807) is 0 Å². The lowest BCUT2D eigenvalue weighted by Gasteiger charge is -2.07. The molecule has 0 spiro atoms. The van der Waals surface area contributed by atoms with E-state index < -0.39 is 11.6 Å². The Morgan fingerprint density at radius 3 is 2.44 bits per heavy atom. The topological polar surface area (TPSA) is 63.8 Å². The van der Waals surface area contributed by atoms with E-state index in [4.69, 9.17) is 5.73 Å². The molecule has 0 saturated heterocycles. The fourth-order valence-corrected chi connectivity index (χ4v) is 1.21. The molecule has 0 aliphatic heterocycles. The number of nitrogens with two attached hydrogens (primary N) is 1. The average Bonchev–Trinajstić information content (AvgIpc) is 2.20. The Labute approximate surface area is 90.1 Å². The molecule has 0 saturated carbocycles. The summed E-state index contributed by atoms with van der Waals surface area (Å²) in [6, 6.07) is 3.07. The summed E-state index contributed by atoms with van der Waals surface area (Å²) in [7, 11) is 0. The van der Waals surface area contributed by atoms with Crippen molar-refractivity contribution in [2.24, 2.45) is 0 Å². The van der Waals surface area contributed by atoms with Crippen molar-refractivity contribution in [3.63, 3.8) is 0 Å². The van der Waals surface area contributed by atoms with E-state index in [9.17, 15) is 8.78 Å². The lowest BCUT2D eigenvalue weighted by atomic mass is 10.3. The summed E-state index contributed by atoms with van der Waals surface area (Å²) in [5.74, 6) is -1.04. The zero-order chi connectivity index (χ0) is 11.5. The third-order valence-electron chi connectivity index (χ3n) is 1.87. The van der Waals surface area contributed by atoms with Crippen LogP contribution in [0.5, 0.6) is 0 Å². The van der Waals surface area contributed by atoms with Crippen LogP contribution >= 0.6 is 0 Å². The molecule has 0 fully saturated rings. The van der Waals surface area contributed by atoms with Crippen LogP contribution in [-0.4, -0.2) is 9.97 Å². The maximum absolute atomic E-state index is 12.9. The van der Waals surface area contributed by atoms with Crippen molar-refractivity contribution < 1.29 is 8.78 Å². The molecule has 0 atom stereocenters. The third kappa shape index (κ3) is 2.22. The van der Waals surface area contributed by atoms with Gasteiger partial charge in [-0.15, -0.1) is 0 Å². The van der Waals surface area contributed by atoms with Crippen LogP contribution < -0.4 is 11.1 Å². The Morgan fingerprint density at radius 2 is 1.81 bits per heavy atom. The van der Waals surface area contributed by atoms with Crippen LogP contribution in [0, 0.1) is 11.6 Å². The number of anilines is 3. The highest BCUT2D eigenvalue weighted by molar-refractivity contribution is 5.67. The van der Waals surface area contributed by atoms with Crippen molar-refractivity contribution in [2.75, 3.05) is 11.1 Å². The summed E-state index contributed by atoms with van der Waals surface area (Å²) >= 11 is 0. The van der Waals surface area contributed by atoms with E-state index in [-0.39, 0.29) is 5.69 Å². The highest BCUT2D eigenvalue weighted by Crippen LogP contribution is 2.20. The minimum Gasteiger partial charge on any atom is -0.394 e. The van der Waals surface area contributed by atoms with E-state index in [2.05, 4.69) is 15.3 Å². The van der Waals surface area contributed by atoms with Gasteiger partial charge in [-0.05, 0) is 12.1 Å². The largest absolute Gasteiger partial charge is 0.394 e. The standard InChI is InChI=1S/C10H8F2N4/c11-6-1-7(12)3-8(2-6)16-10-9(13)4-14-5-15-10/h1-5H,13H2,(H,14,15,16). The van der Waals surface area contributed by atoms with Gasteiger partial charge in [0.05, 0.1) is 11.9 Å². The van der Waals surface area contributed by atoms with Crippen molar-refractivity contribution in [1.82, 2.24) is 9.97 Å². The summed E-state index contributed by atoms with van der Waals surface area (Å²) in [5, 5.41) is 2.70. The van der Waals surface area contributed by atoms with Crippen LogP contribution in [0.15, 0.2) is 30.7 Å². The van der Waals surface area contributed by atoms with Crippen LogP contribution in [0.1, 0.15) is 0 Å². The minimum absolute atomic E-state index is 0.239. The number of hydrogen-bond donors (Lipinski definition) is 2. The maximum Gasteiger partial charge on any atom is 0.157 e. The first-order valence-corrected chi connectivity index (χ1v) is 4.44. The van der Waals surface area contributed by atoms with Gasteiger partial charge in [-0.25, -0.2) is 18.7 Å². The Morgan fingerprint density at radius 1 is 1.12 bits per heavy atom. The molecule has 0 radical (unpaired) electrons. The number of halogens is 2. The highest BCUT2D eigenvalue weighted by Gasteiger charge is 2.03. The van der Waals surface area contributed by atoms with Crippen LogP contribution in [0.2, 0.25) is 0 Å². The van der Waals surface area contributed by atoms with Gasteiger partial charge in [-0.1, -0.05) is 0 Å². The van der Waals surface area contributed by atoms with Crippen molar-refractivity contribution >= 4 is 17.2 Å². The van der Waals surface area contributed by atoms with Gasteiger partial charge in [0.15, 0.2) is 5.82 Å². The van der Waals surface area contributed by atoms with Crippen LogP contribution in [0.3, 0.4) is 0 Å². The smallest absolute Gasteiger partial charge is 0.157 e. The molecule has 82 valence electrons. The quantitative estimate of drug-likeness (QED) is 0.816. The maximum atomic E-state index is 12.9. The summed E-state index contributed by atoms with van der Waals surface area (Å²) in [5.41, 5.74) is 6.11. The van der Waals surface area contributed by atoms with E-state index in [1.807, 2.05) is 0 Å². The van der Waals surface area contributed by atoms with E-state index in [0.717, 1.165) is 18.2 Å². The molecule has 3 N–H and O–H groups in total. The van der Waals surface area contributed by atoms with Crippen molar-refractivity contribution in [2.45, 2.75) is 0 Å². The number of benzene rings is 1. The molecule has 2 rings (SSSR count). The third-order valence-corrected chi connectivity index (χ3v) is 1.87. The Bertz CT molecular complexity index is 496. The molecule has 0 aliphatic carbocycles. The van der Waals surface area contributed by atoms with Gasteiger partial charge in [0.25, 0.3) is 0 Å². The molecular formula is C10H8F2N4. The minimum atomic E-state index is -0.671. The normalized spacial score (nSPS) is 10.1. The van der Waals surface area contributed by atoms with Gasteiger partial charge < -0.3 is 11.1 Å². The lowest BCUT2D eigenvalue weighted by molar-refractivity contribution is 0.584. The Hall–Kier alpha value is -2.24. The monoisotopic (exact) mass is 222 g/mol. The second kappa shape index (κ2) is 4.09. The van der Waals surface area contributed by atoms with E-state index in [0.29, 0.717) is 11.5 Å². The Balaban J connectivity index is 2.30. The molecule has 0 unspecified atom stereocenters. The molecule has 0 amide bonds. The zero-order valence-electron chi connectivity index (χ0n) is 8.11. The summed E-state index contributed by atoms with van der Waals surface area (Å²) in [6.07, 6.45) is 2.68. The molecular weight excluding hydrogens is 214 g/mol. The van der Waals surface area contributed by atoms with Crippen molar-refractivity contribution in [3.8, 4) is 0 Å². The molecule has 6 heteroatoms. The predicted molar refractivity (Wildman–Crippen MR) is 56.1 cm³/mol. The molecule has 16 heavy (non-hydrogen) atoms. The molecule has 4 nitrogen and oxygen atoms in total. The van der Waals surface area contributed by atoms with Crippen LogP contribution in [0.25, 0.3) is 0 Å². The fourth-order valence-electron chi connectivity index (χ4n) is 1.21. The van der Waals surface area contributed by atoms with Gasteiger partial charge in [0.1, 0.15) is 18.0 Å². The van der Waals surface area contributed by atoms with Crippen LogP contribution in [0.4, 0.5) is 26.0 Å². The van der Waals surface area contributed by atoms with Gasteiger partial charge in [0, 0.05) is 11.8 Å². The first-order chi connectivity index (χ1) is 7.65. The number of aromatic nitrogens is 2. The highest BCUT2D eigenvalue weighted by atomic mass is 19.1. The predicted octanol–water partition coefficient (Wildman–Crippen LogP) is 2.08. The lowest BCUT2D eigenvalue weighted by Crippen LogP contribution is -2.00. The molecule has 2 aromatic rings. The summed E-state index contributed by atoms with van der Waals surface area (Å²) in [4.78, 5) is 7.54. The number of nitrogens with one attached hydrogen (secondary N) is 1. The summed E-state index contributed by atoms with van der Waals surface area (Å²) < 4.78 is 25.8. The number of nitrogens with zero attached hydrogens (tertiary/aromatic N) is 2. The van der Waals surface area contributed by atoms with Crippen molar-refractivity contribution in [3.05, 3.63) is 42.4 Å². The molecule has 1 heterocycles. The molecule has 1 aromatic carbocycles. The number of rotatable bonds is 2. The second-order valence-electron chi connectivity index (χ2n) is 3.11. The van der Waals surface area contributed by atoms with E-state index in [1.165, 1.54) is 12.5 Å². The van der Waals surface area contributed by atoms with Gasteiger partial charge in [-0.3, -0.25) is 0 Å². The van der Waals surface area contributed by atoms with Gasteiger partial charge in [-0.2, -0.15) is 0 Å². The molecule has 0 bridgehead atoms. The fraction of sp³-hybridized carbons (Fsp3) is 0. The van der Waals surface area contributed by atoms with Gasteiger partial charge in [0.2, 0.25) is 0 Å².